The van der Waals surface area contributed by atoms with Gasteiger partial charge in [-0.05, 0) is 48.8 Å². The number of pyridine rings is 2. The quantitative estimate of drug-likeness (QED) is 0.253. The van der Waals surface area contributed by atoms with Gasteiger partial charge in [-0.25, -0.2) is 38.0 Å². The van der Waals surface area contributed by atoms with Crippen molar-refractivity contribution in [3.05, 3.63) is 65.3 Å². The van der Waals surface area contributed by atoms with Crippen LogP contribution in [-0.4, -0.2) is 72.3 Å². The van der Waals surface area contributed by atoms with E-state index in [2.05, 4.69) is 41.3 Å². The van der Waals surface area contributed by atoms with Crippen molar-refractivity contribution >= 4 is 56.0 Å². The first-order valence-electron chi connectivity index (χ1n) is 13.3. The van der Waals surface area contributed by atoms with Crippen LogP contribution in [0.3, 0.4) is 0 Å². The first-order valence-corrected chi connectivity index (χ1v) is 14.1. The Kier molecular flexibility index (Phi) is 7.42. The van der Waals surface area contributed by atoms with Crippen LogP contribution in [0.5, 0.6) is 11.5 Å². The average molecular weight is 654 g/mol. The molecule has 5 heterocycles. The van der Waals surface area contributed by atoms with E-state index < -0.39 is 17.2 Å². The van der Waals surface area contributed by atoms with Crippen molar-refractivity contribution in [2.24, 2.45) is 0 Å². The van der Waals surface area contributed by atoms with Crippen LogP contribution in [-0.2, 0) is 4.74 Å². The predicted octanol–water partition coefficient (Wildman–Crippen LogP) is 5.70. The Labute approximate surface area is 252 Å². The predicted molar refractivity (Wildman–Crippen MR) is 158 cm³/mol. The molecule has 1 amide bonds. The molecule has 1 fully saturated rings. The number of carbonyl (C=O) groups excluding carboxylic acids is 1. The Hall–Kier alpha value is -4.66. The van der Waals surface area contributed by atoms with Gasteiger partial charge in [0.15, 0.2) is 28.8 Å². The van der Waals surface area contributed by atoms with E-state index in [1.54, 1.807) is 29.3 Å². The van der Waals surface area contributed by atoms with Crippen molar-refractivity contribution in [1.29, 1.82) is 0 Å². The SMILES string of the molecule is CC(C)(C)OC(=O)N1CCN(c2nc3c(Nc4cc(F)c(Oc5ccn6ncnc6c5)cc4F)ncnc3cc2Br)CC1. The maximum Gasteiger partial charge on any atom is 0.410 e. The highest BCUT2D eigenvalue weighted by molar-refractivity contribution is 9.10. The second-order valence-corrected chi connectivity index (χ2v) is 11.6. The lowest BCUT2D eigenvalue weighted by atomic mass is 10.2. The molecule has 1 aromatic carbocycles. The number of ether oxygens (including phenoxy) is 2. The molecular weight excluding hydrogens is 628 g/mol. The molecule has 0 aliphatic carbocycles. The van der Waals surface area contributed by atoms with Crippen LogP contribution in [0, 0.1) is 11.6 Å². The van der Waals surface area contributed by atoms with E-state index in [4.69, 9.17) is 14.5 Å². The zero-order valence-corrected chi connectivity index (χ0v) is 25.0. The van der Waals surface area contributed by atoms with Crippen LogP contribution >= 0.6 is 15.9 Å². The molecule has 0 bridgehead atoms. The van der Waals surface area contributed by atoms with Crippen LogP contribution in [0.25, 0.3) is 16.7 Å². The Bertz CT molecular complexity index is 1840. The van der Waals surface area contributed by atoms with Gasteiger partial charge in [0.05, 0.1) is 15.7 Å². The van der Waals surface area contributed by atoms with E-state index in [0.29, 0.717) is 53.2 Å². The van der Waals surface area contributed by atoms with Gasteiger partial charge in [-0.15, -0.1) is 0 Å². The number of benzene rings is 1. The second-order valence-electron chi connectivity index (χ2n) is 10.8. The molecule has 0 spiro atoms. The molecular formula is C28H26BrF2N9O3. The standard InChI is InChI=1S/C28H26BrF2N9O3/c1-28(2,3)43-27(41)39-8-6-38(7-9-39)26-17(29)11-21-24(37-26)25(34-14-32-21)36-20-12-19(31)22(13-18(20)30)42-16-4-5-40-23(10-16)33-15-35-40/h4-5,10-15H,6-9H2,1-3H3,(H,32,34,36). The molecule has 5 aromatic rings. The number of carbonyl (C=O) groups is 1. The van der Waals surface area contributed by atoms with Gasteiger partial charge < -0.3 is 24.6 Å². The first kappa shape index (κ1) is 28.5. The molecule has 6 rings (SSSR count). The molecule has 0 unspecified atom stereocenters. The molecule has 15 heteroatoms. The van der Waals surface area contributed by atoms with Crippen molar-refractivity contribution in [3.63, 3.8) is 0 Å². The molecule has 0 saturated carbocycles. The fourth-order valence-electron chi connectivity index (χ4n) is 4.51. The van der Waals surface area contributed by atoms with Crippen LogP contribution < -0.4 is 15.0 Å². The maximum atomic E-state index is 15.2. The van der Waals surface area contributed by atoms with Crippen molar-refractivity contribution in [3.8, 4) is 11.5 Å². The summed E-state index contributed by atoms with van der Waals surface area (Å²) in [6.07, 6.45) is 3.92. The Morgan fingerprint density at radius 3 is 2.56 bits per heavy atom. The molecule has 1 saturated heterocycles. The minimum atomic E-state index is -0.789. The summed E-state index contributed by atoms with van der Waals surface area (Å²) < 4.78 is 43.5. The molecule has 4 aromatic heterocycles. The highest BCUT2D eigenvalue weighted by Gasteiger charge is 2.27. The number of rotatable bonds is 5. The number of fused-ring (bicyclic) bond motifs is 2. The van der Waals surface area contributed by atoms with Gasteiger partial charge in [0, 0.05) is 50.6 Å². The third kappa shape index (κ3) is 6.11. The van der Waals surface area contributed by atoms with Crippen LogP contribution in [0.1, 0.15) is 20.8 Å². The number of amides is 1. The normalized spacial score (nSPS) is 13.9. The van der Waals surface area contributed by atoms with Crippen molar-refractivity contribution < 1.29 is 23.0 Å². The summed E-state index contributed by atoms with van der Waals surface area (Å²) in [6.45, 7) is 7.40. The van der Waals surface area contributed by atoms with Crippen molar-refractivity contribution in [2.75, 3.05) is 36.4 Å². The summed E-state index contributed by atoms with van der Waals surface area (Å²) in [5.74, 6) is -0.778. The number of nitrogens with one attached hydrogen (secondary N) is 1. The number of hydrogen-bond acceptors (Lipinski definition) is 10. The van der Waals surface area contributed by atoms with Gasteiger partial charge in [-0.2, -0.15) is 5.10 Å². The van der Waals surface area contributed by atoms with E-state index in [-0.39, 0.29) is 29.1 Å². The van der Waals surface area contributed by atoms with E-state index in [1.807, 2.05) is 25.7 Å². The van der Waals surface area contributed by atoms with E-state index in [1.165, 1.54) is 17.2 Å². The van der Waals surface area contributed by atoms with E-state index >= 15 is 8.78 Å². The highest BCUT2D eigenvalue weighted by atomic mass is 79.9. The molecule has 0 atom stereocenters. The maximum absolute atomic E-state index is 15.2. The molecule has 0 radical (unpaired) electrons. The lowest BCUT2D eigenvalue weighted by Crippen LogP contribution is -2.50. The number of aromatic nitrogens is 6. The van der Waals surface area contributed by atoms with Crippen LogP contribution in [0.2, 0.25) is 0 Å². The first-order chi connectivity index (χ1) is 20.5. The molecule has 43 heavy (non-hydrogen) atoms. The second kappa shape index (κ2) is 11.2. The number of anilines is 3. The zero-order chi connectivity index (χ0) is 30.3. The van der Waals surface area contributed by atoms with Gasteiger partial charge in [0.2, 0.25) is 0 Å². The summed E-state index contributed by atoms with van der Waals surface area (Å²) in [6, 6.07) is 6.85. The third-order valence-corrected chi connectivity index (χ3v) is 7.11. The molecule has 1 aliphatic rings. The van der Waals surface area contributed by atoms with E-state index in [9.17, 15) is 4.79 Å². The fraction of sp³-hybridized carbons (Fsp3) is 0.286. The largest absolute Gasteiger partial charge is 0.454 e. The lowest BCUT2D eigenvalue weighted by Gasteiger charge is -2.36. The fourth-order valence-corrected chi connectivity index (χ4v) is 5.07. The molecule has 12 nitrogen and oxygen atoms in total. The number of piperazine rings is 1. The highest BCUT2D eigenvalue weighted by Crippen LogP contribution is 2.34. The average Bonchev–Trinajstić information content (AvgIpc) is 3.43. The van der Waals surface area contributed by atoms with Crippen LogP contribution in [0.15, 0.2) is 53.7 Å². The Morgan fingerprint density at radius 2 is 1.79 bits per heavy atom. The Balaban J connectivity index is 1.22. The minimum Gasteiger partial charge on any atom is -0.454 e. The lowest BCUT2D eigenvalue weighted by molar-refractivity contribution is 0.0240. The molecule has 1 N–H and O–H groups in total. The monoisotopic (exact) mass is 653 g/mol. The molecule has 1 aliphatic heterocycles. The van der Waals surface area contributed by atoms with Crippen molar-refractivity contribution in [2.45, 2.75) is 26.4 Å². The summed E-state index contributed by atoms with van der Waals surface area (Å²) in [5, 5.41) is 6.85. The third-order valence-electron chi connectivity index (χ3n) is 6.53. The summed E-state index contributed by atoms with van der Waals surface area (Å²) in [5.41, 5.74) is 0.608. The van der Waals surface area contributed by atoms with Gasteiger partial charge in [-0.3, -0.25) is 0 Å². The van der Waals surface area contributed by atoms with Crippen LogP contribution in [0.4, 0.5) is 30.9 Å². The number of hydrogen-bond donors (Lipinski definition) is 1. The van der Waals surface area contributed by atoms with Gasteiger partial charge >= 0.3 is 6.09 Å². The van der Waals surface area contributed by atoms with Gasteiger partial charge in [-0.1, -0.05) is 0 Å². The minimum absolute atomic E-state index is 0.157. The number of halogens is 3. The topological polar surface area (TPSA) is 123 Å². The van der Waals surface area contributed by atoms with E-state index in [0.717, 1.165) is 12.1 Å². The van der Waals surface area contributed by atoms with Crippen molar-refractivity contribution in [1.82, 2.24) is 34.4 Å². The number of nitrogens with zero attached hydrogens (tertiary/aromatic N) is 8. The summed E-state index contributed by atoms with van der Waals surface area (Å²) >= 11 is 3.57. The Morgan fingerprint density at radius 1 is 1.00 bits per heavy atom. The summed E-state index contributed by atoms with van der Waals surface area (Å²) in [4.78, 5) is 33.5. The van der Waals surface area contributed by atoms with Gasteiger partial charge in [0.25, 0.3) is 0 Å². The van der Waals surface area contributed by atoms with Gasteiger partial charge in [0.1, 0.15) is 35.3 Å². The molecule has 222 valence electrons. The zero-order valence-electron chi connectivity index (χ0n) is 23.4. The smallest absolute Gasteiger partial charge is 0.410 e. The summed E-state index contributed by atoms with van der Waals surface area (Å²) in [7, 11) is 0.